The molecule has 1 atom stereocenters. The Morgan fingerprint density at radius 1 is 1.30 bits per heavy atom. The molecule has 0 aliphatic rings. The summed E-state index contributed by atoms with van der Waals surface area (Å²) >= 11 is 8.06. The van der Waals surface area contributed by atoms with Crippen LogP contribution in [0.25, 0.3) is 0 Å². The van der Waals surface area contributed by atoms with E-state index in [2.05, 4.69) is 36.6 Å². The fraction of sp³-hybridized carbons (Fsp3) is 0.231. The monoisotopic (exact) mass is 437 g/mol. The third-order valence-corrected chi connectivity index (χ3v) is 7.60. The van der Waals surface area contributed by atoms with Crippen molar-refractivity contribution in [1.29, 1.82) is 0 Å². The van der Waals surface area contributed by atoms with Gasteiger partial charge in [0, 0.05) is 6.54 Å². The molecular weight excluding hydrogens is 426 g/mol. The van der Waals surface area contributed by atoms with Gasteiger partial charge in [0.2, 0.25) is 10.0 Å². The van der Waals surface area contributed by atoms with E-state index >= 15 is 0 Å². The summed E-state index contributed by atoms with van der Waals surface area (Å²) in [5, 5.41) is 0. The van der Waals surface area contributed by atoms with Gasteiger partial charge in [0.1, 0.15) is 4.21 Å². The third kappa shape index (κ3) is 3.92. The summed E-state index contributed by atoms with van der Waals surface area (Å²) in [6.45, 7) is 2.18. The first-order valence-corrected chi connectivity index (χ1v) is 9.85. The molecule has 1 aromatic heterocycles. The molecular formula is C13H13Br2NO2S2. The predicted octanol–water partition coefficient (Wildman–Crippen LogP) is 4.23. The molecule has 0 bridgehead atoms. The number of sulfonamides is 1. The summed E-state index contributed by atoms with van der Waals surface area (Å²) in [5.74, 6) is 0. The van der Waals surface area contributed by atoms with Crippen LogP contribution in [-0.4, -0.2) is 15.0 Å². The molecule has 1 heterocycles. The molecule has 0 spiro atoms. The zero-order valence-corrected chi connectivity index (χ0v) is 15.4. The van der Waals surface area contributed by atoms with Crippen LogP contribution in [0, 0.1) is 6.92 Å². The maximum atomic E-state index is 12.2. The zero-order valence-electron chi connectivity index (χ0n) is 10.6. The van der Waals surface area contributed by atoms with Crippen molar-refractivity contribution < 1.29 is 8.42 Å². The minimum Gasteiger partial charge on any atom is -0.209 e. The first-order valence-electron chi connectivity index (χ1n) is 5.85. The maximum Gasteiger partial charge on any atom is 0.250 e. The average molecular weight is 439 g/mol. The lowest BCUT2D eigenvalue weighted by molar-refractivity contribution is 0.583. The molecule has 2 aromatic rings. The van der Waals surface area contributed by atoms with Crippen molar-refractivity contribution in [3.05, 3.63) is 51.3 Å². The minimum absolute atomic E-state index is 0.0528. The highest BCUT2D eigenvalue weighted by Crippen LogP contribution is 2.30. The van der Waals surface area contributed by atoms with Crippen molar-refractivity contribution in [3.8, 4) is 0 Å². The molecule has 0 fully saturated rings. The normalized spacial score (nSPS) is 13.3. The van der Waals surface area contributed by atoms with Crippen molar-refractivity contribution in [2.24, 2.45) is 0 Å². The van der Waals surface area contributed by atoms with E-state index in [1.807, 2.05) is 37.3 Å². The van der Waals surface area contributed by atoms with Gasteiger partial charge in [-0.1, -0.05) is 46.3 Å². The molecule has 0 aliphatic heterocycles. The topological polar surface area (TPSA) is 46.2 Å². The van der Waals surface area contributed by atoms with E-state index in [9.17, 15) is 8.42 Å². The number of rotatable bonds is 5. The van der Waals surface area contributed by atoms with E-state index < -0.39 is 10.0 Å². The van der Waals surface area contributed by atoms with Crippen LogP contribution in [0.3, 0.4) is 0 Å². The second kappa shape index (κ2) is 6.70. The summed E-state index contributed by atoms with van der Waals surface area (Å²) in [5.41, 5.74) is 1.97. The molecule has 0 aliphatic carbocycles. The second-order valence-corrected chi connectivity index (χ2v) is 9.72. The molecule has 0 saturated carbocycles. The lowest BCUT2D eigenvalue weighted by atomic mass is 10.2. The van der Waals surface area contributed by atoms with Gasteiger partial charge in [0.05, 0.1) is 8.61 Å². The number of benzene rings is 1. The van der Waals surface area contributed by atoms with Crippen LogP contribution in [0.5, 0.6) is 0 Å². The number of aryl methyl sites for hydroxylation is 1. The van der Waals surface area contributed by atoms with E-state index in [1.165, 1.54) is 11.3 Å². The van der Waals surface area contributed by atoms with E-state index in [-0.39, 0.29) is 4.83 Å². The minimum atomic E-state index is -3.46. The van der Waals surface area contributed by atoms with Crippen LogP contribution in [0.2, 0.25) is 0 Å². The highest BCUT2D eigenvalue weighted by atomic mass is 79.9. The maximum absolute atomic E-state index is 12.2. The Labute approximate surface area is 139 Å². The fourth-order valence-electron chi connectivity index (χ4n) is 1.60. The Bertz CT molecular complexity index is 664. The molecule has 7 heteroatoms. The Morgan fingerprint density at radius 2 is 1.95 bits per heavy atom. The molecule has 0 saturated heterocycles. The molecule has 0 amide bonds. The molecule has 2 rings (SSSR count). The molecule has 108 valence electrons. The van der Waals surface area contributed by atoms with E-state index in [0.717, 1.165) is 14.9 Å². The summed E-state index contributed by atoms with van der Waals surface area (Å²) in [6.07, 6.45) is 0. The SMILES string of the molecule is Cc1cc(S(=O)(=O)NCC(Br)c2ccccc2)sc1Br. The van der Waals surface area contributed by atoms with Gasteiger partial charge in [-0.2, -0.15) is 0 Å². The second-order valence-electron chi connectivity index (χ2n) is 4.25. The summed E-state index contributed by atoms with van der Waals surface area (Å²) in [7, 11) is -3.46. The van der Waals surface area contributed by atoms with Crippen LogP contribution in [0.1, 0.15) is 16.0 Å². The highest BCUT2D eigenvalue weighted by Gasteiger charge is 2.19. The van der Waals surface area contributed by atoms with Crippen LogP contribution in [0.15, 0.2) is 44.4 Å². The first kappa shape index (κ1) is 16.2. The Balaban J connectivity index is 2.06. The number of nitrogens with one attached hydrogen (secondary N) is 1. The largest absolute Gasteiger partial charge is 0.250 e. The summed E-state index contributed by atoms with van der Waals surface area (Å²) < 4.78 is 28.2. The molecule has 1 aromatic carbocycles. The van der Waals surface area contributed by atoms with Gasteiger partial charge < -0.3 is 0 Å². The number of thiophene rings is 1. The van der Waals surface area contributed by atoms with Gasteiger partial charge in [-0.15, -0.1) is 11.3 Å². The van der Waals surface area contributed by atoms with Crippen LogP contribution >= 0.6 is 43.2 Å². The number of hydrogen-bond donors (Lipinski definition) is 1. The van der Waals surface area contributed by atoms with E-state index in [4.69, 9.17) is 0 Å². The zero-order chi connectivity index (χ0) is 14.8. The van der Waals surface area contributed by atoms with Crippen molar-refractivity contribution in [1.82, 2.24) is 4.72 Å². The van der Waals surface area contributed by atoms with Crippen molar-refractivity contribution in [3.63, 3.8) is 0 Å². The standard InChI is InChI=1S/C13H13Br2NO2S2/c1-9-7-12(19-13(9)15)20(17,18)16-8-11(14)10-5-3-2-4-6-10/h2-7,11,16H,8H2,1H3. The van der Waals surface area contributed by atoms with E-state index in [1.54, 1.807) is 6.07 Å². The van der Waals surface area contributed by atoms with Crippen molar-refractivity contribution in [2.45, 2.75) is 16.0 Å². The Kier molecular flexibility index (Phi) is 5.42. The number of alkyl halides is 1. The highest BCUT2D eigenvalue weighted by molar-refractivity contribution is 9.11. The quantitative estimate of drug-likeness (QED) is 0.709. The van der Waals surface area contributed by atoms with Gasteiger partial charge in [0.25, 0.3) is 0 Å². The molecule has 0 radical (unpaired) electrons. The number of halogens is 2. The molecule has 3 nitrogen and oxygen atoms in total. The van der Waals surface area contributed by atoms with Crippen molar-refractivity contribution >= 4 is 53.2 Å². The van der Waals surface area contributed by atoms with Crippen molar-refractivity contribution in [2.75, 3.05) is 6.54 Å². The van der Waals surface area contributed by atoms with Gasteiger partial charge in [-0.25, -0.2) is 13.1 Å². The van der Waals surface area contributed by atoms with Gasteiger partial charge in [-0.3, -0.25) is 0 Å². The van der Waals surface area contributed by atoms with Gasteiger partial charge in [-0.05, 0) is 40.0 Å². The Hall–Kier alpha value is -0.210. The fourth-order valence-corrected chi connectivity index (χ4v) is 5.60. The summed E-state index contributed by atoms with van der Waals surface area (Å²) in [4.78, 5) is -0.0528. The lowest BCUT2D eigenvalue weighted by Gasteiger charge is -2.11. The van der Waals surface area contributed by atoms with Crippen LogP contribution < -0.4 is 4.72 Å². The predicted molar refractivity (Wildman–Crippen MR) is 90.1 cm³/mol. The van der Waals surface area contributed by atoms with Crippen LogP contribution in [0.4, 0.5) is 0 Å². The molecule has 1 N–H and O–H groups in total. The first-order chi connectivity index (χ1) is 9.40. The average Bonchev–Trinajstić information content (AvgIpc) is 2.78. The Morgan fingerprint density at radius 3 is 2.50 bits per heavy atom. The van der Waals surface area contributed by atoms with Gasteiger partial charge >= 0.3 is 0 Å². The van der Waals surface area contributed by atoms with Crippen LogP contribution in [-0.2, 0) is 10.0 Å². The summed E-state index contributed by atoms with van der Waals surface area (Å²) in [6, 6.07) is 11.4. The smallest absolute Gasteiger partial charge is 0.209 e. The van der Waals surface area contributed by atoms with Gasteiger partial charge in [0.15, 0.2) is 0 Å². The lowest BCUT2D eigenvalue weighted by Crippen LogP contribution is -2.26. The molecule has 20 heavy (non-hydrogen) atoms. The number of hydrogen-bond acceptors (Lipinski definition) is 3. The van der Waals surface area contributed by atoms with E-state index in [0.29, 0.717) is 10.8 Å². The molecule has 1 unspecified atom stereocenters. The third-order valence-electron chi connectivity index (χ3n) is 2.71.